The van der Waals surface area contributed by atoms with Gasteiger partial charge in [0.25, 0.3) is 0 Å². The van der Waals surface area contributed by atoms with Crippen LogP contribution < -0.4 is 0 Å². The number of fused-ring (bicyclic) bond motifs is 9. The van der Waals surface area contributed by atoms with E-state index in [2.05, 4.69) is 9.80 Å². The fourth-order valence-corrected chi connectivity index (χ4v) is 3.01. The fraction of sp³-hybridized carbons (Fsp3) is 0.857. The average Bonchev–Trinajstić information content (AvgIpc) is 2.45. The molecule has 8 nitrogen and oxygen atoms in total. The standard InChI is InChI=1S/C14H26N4O4/c19-13(20)11-17-7-5-15-1-2-16(4-3-15)6-8-18(10-9-17)12-14(21)22/h1-12H2,(H,19,20)(H,21,22). The summed E-state index contributed by atoms with van der Waals surface area (Å²) in [6.07, 6.45) is 0. The molecule has 0 aromatic heterocycles. The van der Waals surface area contributed by atoms with Crippen molar-refractivity contribution >= 4 is 11.9 Å². The maximum absolute atomic E-state index is 11.0. The molecule has 2 bridgehead atoms. The van der Waals surface area contributed by atoms with E-state index in [1.165, 1.54) is 0 Å². The van der Waals surface area contributed by atoms with Crippen LogP contribution in [0.3, 0.4) is 0 Å². The van der Waals surface area contributed by atoms with Gasteiger partial charge in [-0.2, -0.15) is 0 Å². The first-order valence-corrected chi connectivity index (χ1v) is 7.86. The zero-order chi connectivity index (χ0) is 15.9. The predicted molar refractivity (Wildman–Crippen MR) is 81.0 cm³/mol. The summed E-state index contributed by atoms with van der Waals surface area (Å²) in [5.41, 5.74) is 0. The summed E-state index contributed by atoms with van der Waals surface area (Å²) in [5, 5.41) is 18.1. The lowest BCUT2D eigenvalue weighted by Gasteiger charge is -2.38. The quantitative estimate of drug-likeness (QED) is 0.641. The van der Waals surface area contributed by atoms with E-state index in [1.807, 2.05) is 9.80 Å². The van der Waals surface area contributed by atoms with Crippen LogP contribution in [0.1, 0.15) is 0 Å². The fourth-order valence-electron chi connectivity index (χ4n) is 3.01. The van der Waals surface area contributed by atoms with Gasteiger partial charge in [-0.05, 0) is 0 Å². The molecule has 3 heterocycles. The van der Waals surface area contributed by atoms with Crippen molar-refractivity contribution in [2.75, 3.05) is 78.5 Å². The highest BCUT2D eigenvalue weighted by atomic mass is 16.4. The number of carbonyl (C=O) groups is 2. The van der Waals surface area contributed by atoms with Crippen molar-refractivity contribution in [1.82, 2.24) is 19.6 Å². The molecule has 0 atom stereocenters. The molecule has 0 radical (unpaired) electrons. The summed E-state index contributed by atoms with van der Waals surface area (Å²) in [6, 6.07) is 0. The number of hydrogen-bond acceptors (Lipinski definition) is 6. The van der Waals surface area contributed by atoms with E-state index in [0.717, 1.165) is 39.3 Å². The van der Waals surface area contributed by atoms with Gasteiger partial charge in [0, 0.05) is 65.4 Å². The third kappa shape index (κ3) is 5.88. The first kappa shape index (κ1) is 17.1. The van der Waals surface area contributed by atoms with Crippen LogP contribution in [-0.4, -0.2) is 120 Å². The Bertz CT molecular complexity index is 349. The summed E-state index contributed by atoms with van der Waals surface area (Å²) in [7, 11) is 0. The van der Waals surface area contributed by atoms with E-state index in [0.29, 0.717) is 26.2 Å². The first-order valence-electron chi connectivity index (χ1n) is 7.86. The molecule has 8 heteroatoms. The molecular weight excluding hydrogens is 288 g/mol. The minimum atomic E-state index is -0.832. The number of rotatable bonds is 4. The van der Waals surface area contributed by atoms with Gasteiger partial charge in [0.15, 0.2) is 0 Å². The lowest BCUT2D eigenvalue weighted by Crippen LogP contribution is -2.52. The predicted octanol–water partition coefficient (Wildman–Crippen LogP) is -1.61. The lowest BCUT2D eigenvalue weighted by molar-refractivity contribution is -0.140. The van der Waals surface area contributed by atoms with Crippen LogP contribution in [0.25, 0.3) is 0 Å². The van der Waals surface area contributed by atoms with Gasteiger partial charge >= 0.3 is 11.9 Å². The van der Waals surface area contributed by atoms with Gasteiger partial charge in [0.05, 0.1) is 13.1 Å². The van der Waals surface area contributed by atoms with Crippen LogP contribution in [0.2, 0.25) is 0 Å². The Kier molecular flexibility index (Phi) is 6.56. The Balaban J connectivity index is 1.98. The number of nitrogens with zero attached hydrogens (tertiary/aromatic N) is 4. The molecule has 3 aliphatic rings. The van der Waals surface area contributed by atoms with E-state index in [9.17, 15) is 9.59 Å². The zero-order valence-corrected chi connectivity index (χ0v) is 13.0. The Hall–Kier alpha value is -1.22. The maximum atomic E-state index is 11.0. The molecule has 0 spiro atoms. The van der Waals surface area contributed by atoms with E-state index >= 15 is 0 Å². The van der Waals surface area contributed by atoms with Gasteiger partial charge in [-0.3, -0.25) is 29.2 Å². The first-order chi connectivity index (χ1) is 10.5. The zero-order valence-electron chi connectivity index (χ0n) is 13.0. The summed E-state index contributed by atoms with van der Waals surface area (Å²) in [6.45, 7) is 8.39. The molecule has 3 fully saturated rings. The van der Waals surface area contributed by atoms with Crippen LogP contribution in [0, 0.1) is 0 Å². The molecule has 3 rings (SSSR count). The topological polar surface area (TPSA) is 87.6 Å². The number of hydrogen-bond donors (Lipinski definition) is 2. The van der Waals surface area contributed by atoms with Crippen molar-refractivity contribution in [3.63, 3.8) is 0 Å². The highest BCUT2D eigenvalue weighted by Crippen LogP contribution is 2.05. The molecule has 0 unspecified atom stereocenters. The van der Waals surface area contributed by atoms with Crippen LogP contribution >= 0.6 is 0 Å². The Labute approximate surface area is 130 Å². The molecule has 2 N–H and O–H groups in total. The van der Waals surface area contributed by atoms with Gasteiger partial charge in [-0.15, -0.1) is 0 Å². The summed E-state index contributed by atoms with van der Waals surface area (Å²) >= 11 is 0. The molecular formula is C14H26N4O4. The molecule has 22 heavy (non-hydrogen) atoms. The minimum absolute atomic E-state index is 0.0148. The summed E-state index contributed by atoms with van der Waals surface area (Å²) < 4.78 is 0. The molecule has 126 valence electrons. The number of carboxylic acid groups (broad SMARTS) is 2. The van der Waals surface area contributed by atoms with Crippen LogP contribution in [-0.2, 0) is 9.59 Å². The molecule has 0 saturated carbocycles. The normalized spacial score (nSPS) is 28.7. The van der Waals surface area contributed by atoms with Crippen molar-refractivity contribution < 1.29 is 19.8 Å². The molecule has 0 aromatic rings. The van der Waals surface area contributed by atoms with Gasteiger partial charge in [0.1, 0.15) is 0 Å². The van der Waals surface area contributed by atoms with E-state index in [1.54, 1.807) is 0 Å². The highest BCUT2D eigenvalue weighted by Gasteiger charge is 2.21. The van der Waals surface area contributed by atoms with Crippen molar-refractivity contribution in [3.8, 4) is 0 Å². The smallest absolute Gasteiger partial charge is 0.317 e. The Morgan fingerprint density at radius 3 is 1.18 bits per heavy atom. The summed E-state index contributed by atoms with van der Waals surface area (Å²) in [4.78, 5) is 30.6. The molecule has 0 amide bonds. The van der Waals surface area contributed by atoms with Crippen molar-refractivity contribution in [3.05, 3.63) is 0 Å². The monoisotopic (exact) mass is 314 g/mol. The number of aliphatic carboxylic acids is 2. The highest BCUT2D eigenvalue weighted by molar-refractivity contribution is 5.69. The number of carboxylic acids is 2. The minimum Gasteiger partial charge on any atom is -0.480 e. The van der Waals surface area contributed by atoms with E-state index < -0.39 is 11.9 Å². The van der Waals surface area contributed by atoms with Gasteiger partial charge in [-0.1, -0.05) is 0 Å². The lowest BCUT2D eigenvalue weighted by atomic mass is 10.2. The molecule has 0 aromatic carbocycles. The van der Waals surface area contributed by atoms with Gasteiger partial charge in [0.2, 0.25) is 0 Å². The van der Waals surface area contributed by atoms with E-state index in [-0.39, 0.29) is 13.1 Å². The van der Waals surface area contributed by atoms with Crippen LogP contribution in [0.5, 0.6) is 0 Å². The third-order valence-corrected chi connectivity index (χ3v) is 4.38. The molecule has 3 saturated heterocycles. The SMILES string of the molecule is O=C(O)CN1CCN2CCN(CC2)CCN(CC(=O)O)CC1. The average molecular weight is 314 g/mol. The molecule has 0 aliphatic carbocycles. The van der Waals surface area contributed by atoms with E-state index in [4.69, 9.17) is 10.2 Å². The van der Waals surface area contributed by atoms with Crippen molar-refractivity contribution in [2.45, 2.75) is 0 Å². The molecule has 3 aliphatic heterocycles. The van der Waals surface area contributed by atoms with Crippen LogP contribution in [0.15, 0.2) is 0 Å². The Morgan fingerprint density at radius 2 is 0.864 bits per heavy atom. The largest absolute Gasteiger partial charge is 0.480 e. The second-order valence-electron chi connectivity index (χ2n) is 6.02. The number of piperazine rings is 1. The van der Waals surface area contributed by atoms with Crippen LogP contribution in [0.4, 0.5) is 0 Å². The second kappa shape index (κ2) is 8.42. The summed E-state index contributed by atoms with van der Waals surface area (Å²) in [5.74, 6) is -1.66. The van der Waals surface area contributed by atoms with Gasteiger partial charge in [-0.25, -0.2) is 0 Å². The second-order valence-corrected chi connectivity index (χ2v) is 6.02. The third-order valence-electron chi connectivity index (χ3n) is 4.38. The van der Waals surface area contributed by atoms with Crippen molar-refractivity contribution in [1.29, 1.82) is 0 Å². The van der Waals surface area contributed by atoms with Gasteiger partial charge < -0.3 is 10.2 Å². The Morgan fingerprint density at radius 1 is 0.591 bits per heavy atom. The van der Waals surface area contributed by atoms with Crippen molar-refractivity contribution in [2.24, 2.45) is 0 Å². The maximum Gasteiger partial charge on any atom is 0.317 e.